The Morgan fingerprint density at radius 2 is 1.75 bits per heavy atom. The molecule has 3 N–H and O–H groups in total. The standard InChI is InChI=1S/C13H24N6O/c1-14-11-16-12(18-13(17-11)19(2)3)15-9-7-5-4-6-8-10(9)20/h9-10,20H,4-8H2,1-3H3,(H2,14,15,16,17,18). The predicted octanol–water partition coefficient (Wildman–Crippen LogP) is 1.08. The number of nitrogens with zero attached hydrogens (tertiary/aromatic N) is 4. The average molecular weight is 280 g/mol. The van der Waals surface area contributed by atoms with E-state index in [1.54, 1.807) is 7.05 Å². The van der Waals surface area contributed by atoms with Crippen LogP contribution in [0, 0.1) is 0 Å². The van der Waals surface area contributed by atoms with Crippen molar-refractivity contribution >= 4 is 17.8 Å². The van der Waals surface area contributed by atoms with E-state index < -0.39 is 0 Å². The van der Waals surface area contributed by atoms with Crippen molar-refractivity contribution in [3.63, 3.8) is 0 Å². The molecule has 2 unspecified atom stereocenters. The molecule has 2 rings (SSSR count). The van der Waals surface area contributed by atoms with Gasteiger partial charge in [-0.1, -0.05) is 19.3 Å². The molecule has 0 saturated heterocycles. The lowest BCUT2D eigenvalue weighted by molar-refractivity contribution is 0.144. The number of aliphatic hydroxyl groups excluding tert-OH is 1. The molecule has 7 heteroatoms. The second kappa shape index (κ2) is 6.69. The molecule has 0 radical (unpaired) electrons. The van der Waals surface area contributed by atoms with E-state index in [1.807, 2.05) is 19.0 Å². The summed E-state index contributed by atoms with van der Waals surface area (Å²) < 4.78 is 0. The predicted molar refractivity (Wildman–Crippen MR) is 80.2 cm³/mol. The molecule has 2 atom stereocenters. The molecule has 0 aromatic carbocycles. The van der Waals surface area contributed by atoms with Crippen LogP contribution in [0.3, 0.4) is 0 Å². The van der Waals surface area contributed by atoms with E-state index in [0.717, 1.165) is 25.7 Å². The number of rotatable bonds is 4. The fourth-order valence-corrected chi connectivity index (χ4v) is 2.36. The third-order valence-corrected chi connectivity index (χ3v) is 3.54. The van der Waals surface area contributed by atoms with Crippen molar-refractivity contribution in [2.75, 3.05) is 36.7 Å². The summed E-state index contributed by atoms with van der Waals surface area (Å²) in [5, 5.41) is 16.3. The second-order valence-electron chi connectivity index (χ2n) is 5.38. The molecule has 20 heavy (non-hydrogen) atoms. The lowest BCUT2D eigenvalue weighted by Gasteiger charge is -2.22. The average Bonchev–Trinajstić information content (AvgIpc) is 2.64. The summed E-state index contributed by atoms with van der Waals surface area (Å²) in [7, 11) is 5.55. The Balaban J connectivity index is 2.16. The first-order valence-corrected chi connectivity index (χ1v) is 7.16. The molecular weight excluding hydrogens is 256 g/mol. The topological polar surface area (TPSA) is 86.2 Å². The van der Waals surface area contributed by atoms with E-state index in [9.17, 15) is 5.11 Å². The minimum atomic E-state index is -0.338. The van der Waals surface area contributed by atoms with Gasteiger partial charge in [0.25, 0.3) is 0 Å². The number of aliphatic hydroxyl groups is 1. The molecule has 1 saturated carbocycles. The zero-order valence-electron chi connectivity index (χ0n) is 12.4. The zero-order chi connectivity index (χ0) is 14.5. The van der Waals surface area contributed by atoms with Crippen LogP contribution in [-0.4, -0.2) is 53.3 Å². The summed E-state index contributed by atoms with van der Waals surface area (Å²) >= 11 is 0. The molecule has 1 aliphatic carbocycles. The first kappa shape index (κ1) is 14.8. The number of aromatic nitrogens is 3. The van der Waals surface area contributed by atoms with E-state index in [4.69, 9.17) is 0 Å². The minimum Gasteiger partial charge on any atom is -0.391 e. The molecule has 0 amide bonds. The van der Waals surface area contributed by atoms with E-state index >= 15 is 0 Å². The molecule has 0 bridgehead atoms. The van der Waals surface area contributed by atoms with Gasteiger partial charge in [0.2, 0.25) is 17.8 Å². The summed E-state index contributed by atoms with van der Waals surface area (Å²) in [6, 6.07) is 0.0135. The van der Waals surface area contributed by atoms with Crippen molar-refractivity contribution in [3.05, 3.63) is 0 Å². The van der Waals surface area contributed by atoms with Crippen LogP contribution in [0.15, 0.2) is 0 Å². The van der Waals surface area contributed by atoms with Gasteiger partial charge in [-0.05, 0) is 12.8 Å². The Morgan fingerprint density at radius 1 is 1.05 bits per heavy atom. The molecule has 0 aliphatic heterocycles. The van der Waals surface area contributed by atoms with Gasteiger partial charge in [-0.15, -0.1) is 0 Å². The highest BCUT2D eigenvalue weighted by Crippen LogP contribution is 2.21. The highest BCUT2D eigenvalue weighted by Gasteiger charge is 2.22. The maximum absolute atomic E-state index is 10.2. The molecular formula is C13H24N6O. The smallest absolute Gasteiger partial charge is 0.231 e. The van der Waals surface area contributed by atoms with Crippen molar-refractivity contribution in [2.45, 2.75) is 44.2 Å². The summed E-state index contributed by atoms with van der Waals surface area (Å²) in [6.45, 7) is 0. The molecule has 1 aliphatic rings. The van der Waals surface area contributed by atoms with E-state index in [2.05, 4.69) is 25.6 Å². The van der Waals surface area contributed by atoms with Crippen molar-refractivity contribution in [1.29, 1.82) is 0 Å². The first-order chi connectivity index (χ1) is 9.60. The number of anilines is 3. The number of nitrogens with one attached hydrogen (secondary N) is 2. The number of hydrogen-bond acceptors (Lipinski definition) is 7. The van der Waals surface area contributed by atoms with Gasteiger partial charge in [-0.2, -0.15) is 15.0 Å². The van der Waals surface area contributed by atoms with Crippen LogP contribution in [0.1, 0.15) is 32.1 Å². The Hall–Kier alpha value is -1.63. The van der Waals surface area contributed by atoms with Gasteiger partial charge in [0.1, 0.15) is 0 Å². The van der Waals surface area contributed by atoms with Crippen LogP contribution in [0.2, 0.25) is 0 Å². The van der Waals surface area contributed by atoms with E-state index in [1.165, 1.54) is 6.42 Å². The first-order valence-electron chi connectivity index (χ1n) is 7.16. The van der Waals surface area contributed by atoms with Gasteiger partial charge in [0.05, 0.1) is 12.1 Å². The van der Waals surface area contributed by atoms with Crippen molar-refractivity contribution < 1.29 is 5.11 Å². The van der Waals surface area contributed by atoms with Crippen LogP contribution in [-0.2, 0) is 0 Å². The van der Waals surface area contributed by atoms with E-state index in [0.29, 0.717) is 17.8 Å². The van der Waals surface area contributed by atoms with E-state index in [-0.39, 0.29) is 12.1 Å². The highest BCUT2D eigenvalue weighted by molar-refractivity contribution is 5.43. The molecule has 1 aromatic rings. The maximum Gasteiger partial charge on any atom is 0.231 e. The van der Waals surface area contributed by atoms with Crippen molar-refractivity contribution in [1.82, 2.24) is 15.0 Å². The summed E-state index contributed by atoms with van der Waals surface area (Å²) in [5.41, 5.74) is 0. The van der Waals surface area contributed by atoms with Crippen LogP contribution in [0.25, 0.3) is 0 Å². The second-order valence-corrected chi connectivity index (χ2v) is 5.38. The lowest BCUT2D eigenvalue weighted by Crippen LogP contribution is -2.33. The van der Waals surface area contributed by atoms with Gasteiger partial charge < -0.3 is 20.6 Å². The highest BCUT2D eigenvalue weighted by atomic mass is 16.3. The van der Waals surface area contributed by atoms with Crippen LogP contribution >= 0.6 is 0 Å². The Labute approximate surface area is 119 Å². The third kappa shape index (κ3) is 3.69. The van der Waals surface area contributed by atoms with Crippen molar-refractivity contribution in [3.8, 4) is 0 Å². The molecule has 112 valence electrons. The van der Waals surface area contributed by atoms with Gasteiger partial charge in [-0.3, -0.25) is 0 Å². The van der Waals surface area contributed by atoms with Gasteiger partial charge in [0, 0.05) is 21.1 Å². The molecule has 1 fully saturated rings. The summed E-state index contributed by atoms with van der Waals surface area (Å²) in [4.78, 5) is 14.8. The van der Waals surface area contributed by atoms with Crippen LogP contribution in [0.5, 0.6) is 0 Å². The summed E-state index contributed by atoms with van der Waals surface area (Å²) in [6.07, 6.45) is 4.83. The monoisotopic (exact) mass is 280 g/mol. The van der Waals surface area contributed by atoms with Crippen LogP contribution < -0.4 is 15.5 Å². The van der Waals surface area contributed by atoms with Gasteiger partial charge in [0.15, 0.2) is 0 Å². The largest absolute Gasteiger partial charge is 0.391 e. The Morgan fingerprint density at radius 3 is 2.45 bits per heavy atom. The minimum absolute atomic E-state index is 0.0135. The molecule has 1 aromatic heterocycles. The number of hydrogen-bond donors (Lipinski definition) is 3. The SMILES string of the molecule is CNc1nc(NC2CCCCCC2O)nc(N(C)C)n1. The summed E-state index contributed by atoms with van der Waals surface area (Å²) in [5.74, 6) is 1.63. The zero-order valence-corrected chi connectivity index (χ0v) is 12.4. The molecule has 7 nitrogen and oxygen atoms in total. The fraction of sp³-hybridized carbons (Fsp3) is 0.769. The quantitative estimate of drug-likeness (QED) is 0.712. The Kier molecular flexibility index (Phi) is 4.94. The maximum atomic E-state index is 10.2. The molecule has 1 heterocycles. The Bertz CT molecular complexity index is 439. The fourth-order valence-electron chi connectivity index (χ4n) is 2.36. The lowest BCUT2D eigenvalue weighted by atomic mass is 10.1. The van der Waals surface area contributed by atoms with Gasteiger partial charge >= 0.3 is 0 Å². The van der Waals surface area contributed by atoms with Gasteiger partial charge in [-0.25, -0.2) is 0 Å². The normalized spacial score (nSPS) is 23.0. The van der Waals surface area contributed by atoms with Crippen molar-refractivity contribution in [2.24, 2.45) is 0 Å². The van der Waals surface area contributed by atoms with Crippen LogP contribution in [0.4, 0.5) is 17.8 Å². The third-order valence-electron chi connectivity index (χ3n) is 3.54. The molecule has 0 spiro atoms.